The number of nitrogens with two attached hydrogens (primary N) is 1. The summed E-state index contributed by atoms with van der Waals surface area (Å²) in [7, 11) is -3.05. The van der Waals surface area contributed by atoms with E-state index in [2.05, 4.69) is 17.2 Å². The number of carbonyl (C=O) groups excluding carboxylic acids is 1. The lowest BCUT2D eigenvalue weighted by atomic mass is 10.0. The minimum atomic E-state index is -3.05. The number of sulfone groups is 1. The van der Waals surface area contributed by atoms with E-state index in [0.29, 0.717) is 31.5 Å². The molecule has 7 heteroatoms. The summed E-state index contributed by atoms with van der Waals surface area (Å²) in [5.41, 5.74) is 5.05. The van der Waals surface area contributed by atoms with Gasteiger partial charge in [-0.25, -0.2) is 8.42 Å². The first-order valence-corrected chi connectivity index (χ1v) is 7.83. The summed E-state index contributed by atoms with van der Waals surface area (Å²) in [5.74, 6) is 0.516. The average Bonchev–Trinajstić information content (AvgIpc) is 2.66. The second kappa shape index (κ2) is 4.79. The maximum absolute atomic E-state index is 12.0. The zero-order valence-electron chi connectivity index (χ0n) is 10.2. The van der Waals surface area contributed by atoms with E-state index in [1.54, 1.807) is 0 Å². The van der Waals surface area contributed by atoms with E-state index in [1.807, 2.05) is 0 Å². The number of unbranched alkanes of at least 4 members (excludes halogenated alkanes) is 1. The summed E-state index contributed by atoms with van der Waals surface area (Å²) < 4.78 is 24.0. The van der Waals surface area contributed by atoms with Crippen LogP contribution in [0.4, 0.5) is 0 Å². The Morgan fingerprint density at radius 2 is 2.11 bits per heavy atom. The summed E-state index contributed by atoms with van der Waals surface area (Å²) in [5, 5.41) is 5.76. The zero-order chi connectivity index (χ0) is 13.3. The number of hydrogen-bond acceptors (Lipinski definition) is 5. The summed E-state index contributed by atoms with van der Waals surface area (Å²) >= 11 is 0. The highest BCUT2D eigenvalue weighted by molar-refractivity contribution is 7.92. The van der Waals surface area contributed by atoms with Gasteiger partial charge in [0.2, 0.25) is 5.91 Å². The Labute approximate surface area is 107 Å². The summed E-state index contributed by atoms with van der Waals surface area (Å²) in [6.45, 7) is 3.76. The fraction of sp³-hybridized carbons (Fsp3) is 0.727. The lowest BCUT2D eigenvalue weighted by Gasteiger charge is -2.16. The molecule has 2 heterocycles. The Morgan fingerprint density at radius 3 is 2.78 bits per heavy atom. The predicted octanol–water partition coefficient (Wildman–Crippen LogP) is -0.770. The Kier molecular flexibility index (Phi) is 3.52. The third kappa shape index (κ3) is 2.60. The molecule has 0 radical (unpaired) electrons. The Morgan fingerprint density at radius 1 is 1.39 bits per heavy atom. The van der Waals surface area contributed by atoms with Gasteiger partial charge in [-0.3, -0.25) is 4.79 Å². The molecule has 0 aliphatic carbocycles. The minimum absolute atomic E-state index is 0.0661. The van der Waals surface area contributed by atoms with Crippen molar-refractivity contribution < 1.29 is 13.2 Å². The van der Waals surface area contributed by atoms with Crippen LogP contribution in [0.25, 0.3) is 0 Å². The van der Waals surface area contributed by atoms with Crippen molar-refractivity contribution in [3.63, 3.8) is 0 Å². The van der Waals surface area contributed by atoms with Crippen LogP contribution in [-0.2, 0) is 14.6 Å². The van der Waals surface area contributed by atoms with Gasteiger partial charge in [0.25, 0.3) is 0 Å². The average molecular weight is 273 g/mol. The Bertz CT molecular complexity index is 460. The molecule has 2 aliphatic heterocycles. The van der Waals surface area contributed by atoms with E-state index in [0.717, 1.165) is 0 Å². The molecular formula is C11H19N3O3S. The smallest absolute Gasteiger partial charge is 0.217 e. The first-order valence-electron chi connectivity index (χ1n) is 6.12. The maximum Gasteiger partial charge on any atom is 0.217 e. The molecule has 3 atom stereocenters. The van der Waals surface area contributed by atoms with E-state index in [-0.39, 0.29) is 29.0 Å². The van der Waals surface area contributed by atoms with Gasteiger partial charge in [0.15, 0.2) is 9.84 Å². The van der Waals surface area contributed by atoms with Gasteiger partial charge in [0, 0.05) is 6.42 Å². The molecule has 2 saturated heterocycles. The summed E-state index contributed by atoms with van der Waals surface area (Å²) in [6, 6.07) is -0.153. The van der Waals surface area contributed by atoms with Crippen molar-refractivity contribution in [3.8, 4) is 0 Å². The maximum atomic E-state index is 12.0. The van der Waals surface area contributed by atoms with E-state index < -0.39 is 9.84 Å². The molecule has 2 fully saturated rings. The molecule has 1 amide bonds. The first-order chi connectivity index (χ1) is 8.40. The van der Waals surface area contributed by atoms with Crippen LogP contribution in [0.1, 0.15) is 25.7 Å². The highest BCUT2D eigenvalue weighted by Gasteiger charge is 2.49. The molecule has 0 unspecified atom stereocenters. The zero-order valence-corrected chi connectivity index (χ0v) is 11.0. The van der Waals surface area contributed by atoms with Crippen LogP contribution in [0.3, 0.4) is 0 Å². The molecule has 0 aromatic heterocycles. The number of primary amides is 1. The second-order valence-corrected chi connectivity index (χ2v) is 7.24. The van der Waals surface area contributed by atoms with Crippen molar-refractivity contribution in [3.05, 3.63) is 12.4 Å². The van der Waals surface area contributed by atoms with Crippen molar-refractivity contribution in [2.24, 2.45) is 5.73 Å². The van der Waals surface area contributed by atoms with Crippen molar-refractivity contribution in [2.45, 2.75) is 43.0 Å². The van der Waals surface area contributed by atoms with Gasteiger partial charge >= 0.3 is 0 Å². The van der Waals surface area contributed by atoms with Crippen LogP contribution < -0.4 is 16.4 Å². The van der Waals surface area contributed by atoms with Crippen molar-refractivity contribution in [2.75, 3.05) is 5.75 Å². The standard InChI is InChI=1S/C11H19N3O3S/c1-7-13-8-6-18(16,17)9(11(8)14-7)4-2-3-5-10(12)15/h8-9,11,13-14H,1-6H2,(H2,12,15)/t8-,9-,11-/m0/s1. The number of rotatable bonds is 5. The molecule has 6 nitrogen and oxygen atoms in total. The van der Waals surface area contributed by atoms with Gasteiger partial charge < -0.3 is 16.4 Å². The van der Waals surface area contributed by atoms with Gasteiger partial charge in [-0.05, 0) is 12.8 Å². The molecule has 0 saturated carbocycles. The molecule has 2 aliphatic rings. The summed E-state index contributed by atoms with van der Waals surface area (Å²) in [4.78, 5) is 10.6. The Balaban J connectivity index is 1.93. The summed E-state index contributed by atoms with van der Waals surface area (Å²) in [6.07, 6.45) is 2.23. The SMILES string of the molecule is C=C1N[C@H]2[C@H](CS(=O)(=O)[C@H]2CCCCC(N)=O)N1. The molecule has 4 N–H and O–H groups in total. The number of hydrogen-bond donors (Lipinski definition) is 3. The van der Waals surface area contributed by atoms with Gasteiger partial charge in [-0.1, -0.05) is 13.0 Å². The number of carbonyl (C=O) groups is 1. The molecule has 18 heavy (non-hydrogen) atoms. The first kappa shape index (κ1) is 13.2. The number of nitrogens with one attached hydrogen (secondary N) is 2. The molecular weight excluding hydrogens is 254 g/mol. The van der Waals surface area contributed by atoms with E-state index in [4.69, 9.17) is 5.73 Å². The molecule has 102 valence electrons. The highest BCUT2D eigenvalue weighted by Crippen LogP contribution is 2.29. The van der Waals surface area contributed by atoms with E-state index in [1.165, 1.54) is 0 Å². The van der Waals surface area contributed by atoms with Crippen LogP contribution >= 0.6 is 0 Å². The van der Waals surface area contributed by atoms with Crippen LogP contribution in [-0.4, -0.2) is 37.4 Å². The van der Waals surface area contributed by atoms with Gasteiger partial charge in [0.05, 0.1) is 28.9 Å². The van der Waals surface area contributed by atoms with Crippen LogP contribution in [0, 0.1) is 0 Å². The molecule has 0 bridgehead atoms. The quantitative estimate of drug-likeness (QED) is 0.571. The normalized spacial score (nSPS) is 32.7. The highest BCUT2D eigenvalue weighted by atomic mass is 32.2. The van der Waals surface area contributed by atoms with Crippen LogP contribution in [0.15, 0.2) is 12.4 Å². The lowest BCUT2D eigenvalue weighted by Crippen LogP contribution is -2.38. The number of amides is 1. The third-order valence-corrected chi connectivity index (χ3v) is 5.84. The van der Waals surface area contributed by atoms with E-state index >= 15 is 0 Å². The minimum Gasteiger partial charge on any atom is -0.370 e. The van der Waals surface area contributed by atoms with Crippen molar-refractivity contribution in [1.29, 1.82) is 0 Å². The van der Waals surface area contributed by atoms with Crippen molar-refractivity contribution >= 4 is 15.7 Å². The van der Waals surface area contributed by atoms with Crippen LogP contribution in [0.5, 0.6) is 0 Å². The molecule has 2 rings (SSSR count). The number of fused-ring (bicyclic) bond motifs is 1. The molecule has 0 spiro atoms. The van der Waals surface area contributed by atoms with Gasteiger partial charge in [0.1, 0.15) is 0 Å². The fourth-order valence-electron chi connectivity index (χ4n) is 2.76. The van der Waals surface area contributed by atoms with Gasteiger partial charge in [-0.2, -0.15) is 0 Å². The van der Waals surface area contributed by atoms with Crippen LogP contribution in [0.2, 0.25) is 0 Å². The van der Waals surface area contributed by atoms with E-state index in [9.17, 15) is 13.2 Å². The Hall–Kier alpha value is -1.24. The predicted molar refractivity (Wildman–Crippen MR) is 68.2 cm³/mol. The molecule has 0 aromatic carbocycles. The fourth-order valence-corrected chi connectivity index (χ4v) is 5.02. The lowest BCUT2D eigenvalue weighted by molar-refractivity contribution is -0.118. The van der Waals surface area contributed by atoms with Crippen molar-refractivity contribution in [1.82, 2.24) is 10.6 Å². The third-order valence-electron chi connectivity index (χ3n) is 3.57. The molecule has 0 aromatic rings. The second-order valence-electron chi connectivity index (χ2n) is 4.98. The monoisotopic (exact) mass is 273 g/mol. The van der Waals surface area contributed by atoms with Gasteiger partial charge in [-0.15, -0.1) is 0 Å². The largest absolute Gasteiger partial charge is 0.370 e. The topological polar surface area (TPSA) is 101 Å².